The van der Waals surface area contributed by atoms with E-state index in [2.05, 4.69) is 0 Å². The smallest absolute Gasteiger partial charge is 0.335 e. The van der Waals surface area contributed by atoms with Crippen LogP contribution in [0.25, 0.3) is 0 Å². The Morgan fingerprint density at radius 1 is 1.17 bits per heavy atom. The highest BCUT2D eigenvalue weighted by molar-refractivity contribution is 5.90. The summed E-state index contributed by atoms with van der Waals surface area (Å²) in [6.07, 6.45) is 0.819. The van der Waals surface area contributed by atoms with Gasteiger partial charge >= 0.3 is 5.97 Å². The molecule has 6 nitrogen and oxygen atoms in total. The second kappa shape index (κ2) is 10.5. The highest BCUT2D eigenvalue weighted by Crippen LogP contribution is 2.10. The average Bonchev–Trinajstić information content (AvgIpc) is 2.36. The average molecular weight is 257 g/mol. The van der Waals surface area contributed by atoms with Crippen LogP contribution < -0.4 is 10.4 Å². The first-order valence-electron chi connectivity index (χ1n) is 5.66. The van der Waals surface area contributed by atoms with Crippen molar-refractivity contribution >= 4 is 5.97 Å². The van der Waals surface area contributed by atoms with Crippen LogP contribution in [0.15, 0.2) is 24.3 Å². The molecule has 0 spiro atoms. The van der Waals surface area contributed by atoms with Gasteiger partial charge in [-0.3, -0.25) is 0 Å². The number of aliphatic hydroxyl groups is 2. The highest BCUT2D eigenvalue weighted by atomic mass is 16.4. The molecular formula is C12H19NO5. The number of aromatic carboxylic acids is 1. The molecule has 0 saturated carbocycles. The fraction of sp³-hybridized carbons (Fsp3) is 0.417. The van der Waals surface area contributed by atoms with E-state index < -0.39 is 11.7 Å². The fourth-order valence-electron chi connectivity index (χ4n) is 1.11. The zero-order valence-corrected chi connectivity index (χ0v) is 10.1. The van der Waals surface area contributed by atoms with Crippen molar-refractivity contribution in [3.63, 3.8) is 0 Å². The Morgan fingerprint density at radius 3 is 2.28 bits per heavy atom. The van der Waals surface area contributed by atoms with Gasteiger partial charge in [0.25, 0.3) is 0 Å². The lowest BCUT2D eigenvalue weighted by molar-refractivity contribution is -0.656. The number of aliphatic hydroxyl groups excluding tert-OH is 2. The number of nitrogens with two attached hydrogens (primary N) is 1. The standard InChI is InChI=1S/C7H6O3.C5H13NO2/c8-6-4-2-1-3-5(6)7(9)10;7-4-1-2-6-3-5-8/h1-4,8H,(H,9,10);6-8H,1-5H2. The van der Waals surface area contributed by atoms with Gasteiger partial charge in [-0.25, -0.2) is 4.79 Å². The van der Waals surface area contributed by atoms with Crippen molar-refractivity contribution in [1.82, 2.24) is 0 Å². The molecule has 0 saturated heterocycles. The summed E-state index contributed by atoms with van der Waals surface area (Å²) in [5.74, 6) is -1.62. The monoisotopic (exact) mass is 257 g/mol. The van der Waals surface area contributed by atoms with E-state index >= 15 is 0 Å². The van der Waals surface area contributed by atoms with Crippen LogP contribution in [0.5, 0.6) is 5.75 Å². The first kappa shape index (κ1) is 16.4. The predicted octanol–water partition coefficient (Wildman–Crippen LogP) is -1.62. The van der Waals surface area contributed by atoms with Gasteiger partial charge in [0.05, 0.1) is 25.3 Å². The molecular weight excluding hydrogens is 238 g/mol. The normalized spacial score (nSPS) is 9.44. The SMILES string of the molecule is O=C(O)c1ccccc1[O-].OCCC[NH2+]CCO. The summed E-state index contributed by atoms with van der Waals surface area (Å²) >= 11 is 0. The Bertz CT molecular complexity index is 337. The number of benzene rings is 1. The Kier molecular flexibility index (Phi) is 9.57. The Morgan fingerprint density at radius 2 is 1.83 bits per heavy atom. The van der Waals surface area contributed by atoms with Gasteiger partial charge in [-0.15, -0.1) is 0 Å². The number of hydrogen-bond acceptors (Lipinski definition) is 4. The van der Waals surface area contributed by atoms with Crippen LogP contribution in [0, 0.1) is 0 Å². The van der Waals surface area contributed by atoms with Crippen LogP contribution in [-0.4, -0.2) is 47.6 Å². The zero-order chi connectivity index (χ0) is 13.8. The molecule has 0 aliphatic rings. The summed E-state index contributed by atoms with van der Waals surface area (Å²) < 4.78 is 0. The minimum atomic E-state index is -1.18. The number of carboxylic acid groups (broad SMARTS) is 1. The largest absolute Gasteiger partial charge is 0.872 e. The van der Waals surface area contributed by atoms with Crippen LogP contribution in [0.3, 0.4) is 0 Å². The second-order valence-corrected chi connectivity index (χ2v) is 3.47. The Labute approximate surface area is 106 Å². The van der Waals surface area contributed by atoms with Gasteiger partial charge < -0.3 is 25.7 Å². The maximum atomic E-state index is 10.7. The van der Waals surface area contributed by atoms with E-state index in [-0.39, 0.29) is 18.8 Å². The maximum Gasteiger partial charge on any atom is 0.335 e. The summed E-state index contributed by atoms with van der Waals surface area (Å²) in [6, 6.07) is 5.54. The summed E-state index contributed by atoms with van der Waals surface area (Å²) in [7, 11) is 0. The van der Waals surface area contributed by atoms with Crippen LogP contribution >= 0.6 is 0 Å². The van der Waals surface area contributed by atoms with E-state index in [0.717, 1.165) is 19.5 Å². The van der Waals surface area contributed by atoms with Crippen molar-refractivity contribution in [1.29, 1.82) is 0 Å². The lowest BCUT2D eigenvalue weighted by Crippen LogP contribution is -2.85. The van der Waals surface area contributed by atoms with Gasteiger partial charge in [-0.1, -0.05) is 23.9 Å². The molecule has 0 heterocycles. The molecule has 1 aromatic rings. The molecule has 0 radical (unpaired) electrons. The molecule has 18 heavy (non-hydrogen) atoms. The van der Waals surface area contributed by atoms with Gasteiger partial charge in [0.2, 0.25) is 0 Å². The van der Waals surface area contributed by atoms with Gasteiger partial charge in [0.1, 0.15) is 0 Å². The van der Waals surface area contributed by atoms with Crippen molar-refractivity contribution in [2.45, 2.75) is 6.42 Å². The van der Waals surface area contributed by atoms with E-state index in [1.165, 1.54) is 24.3 Å². The number of hydrogen-bond donors (Lipinski definition) is 4. The fourth-order valence-corrected chi connectivity index (χ4v) is 1.11. The summed E-state index contributed by atoms with van der Waals surface area (Å²) in [5, 5.41) is 37.6. The zero-order valence-electron chi connectivity index (χ0n) is 10.1. The molecule has 5 N–H and O–H groups in total. The number of carboxylic acids is 1. The third-order valence-electron chi connectivity index (χ3n) is 2.02. The number of carbonyl (C=O) groups is 1. The molecule has 1 rings (SSSR count). The third-order valence-corrected chi connectivity index (χ3v) is 2.02. The number of quaternary nitrogens is 1. The van der Waals surface area contributed by atoms with Crippen LogP contribution in [0.1, 0.15) is 16.8 Å². The van der Waals surface area contributed by atoms with Crippen LogP contribution in [0.4, 0.5) is 0 Å². The topological polar surface area (TPSA) is 117 Å². The first-order valence-corrected chi connectivity index (χ1v) is 5.66. The van der Waals surface area contributed by atoms with Crippen LogP contribution in [0.2, 0.25) is 0 Å². The Hall–Kier alpha value is -1.63. The Balaban J connectivity index is 0.000000331. The molecule has 6 heteroatoms. The number of para-hydroxylation sites is 1. The van der Waals surface area contributed by atoms with E-state index in [4.69, 9.17) is 15.3 Å². The molecule has 0 atom stereocenters. The lowest BCUT2D eigenvalue weighted by Gasteiger charge is -2.07. The van der Waals surface area contributed by atoms with E-state index in [0.29, 0.717) is 0 Å². The van der Waals surface area contributed by atoms with Crippen molar-refractivity contribution < 1.29 is 30.5 Å². The van der Waals surface area contributed by atoms with Crippen molar-refractivity contribution in [3.8, 4) is 5.75 Å². The van der Waals surface area contributed by atoms with Crippen molar-refractivity contribution in [3.05, 3.63) is 29.8 Å². The molecule has 0 unspecified atom stereocenters. The van der Waals surface area contributed by atoms with E-state index in [9.17, 15) is 9.90 Å². The van der Waals surface area contributed by atoms with Gasteiger partial charge in [0.15, 0.2) is 0 Å². The van der Waals surface area contributed by atoms with Crippen molar-refractivity contribution in [2.75, 3.05) is 26.3 Å². The molecule has 0 bridgehead atoms. The van der Waals surface area contributed by atoms with E-state index in [1.807, 2.05) is 5.32 Å². The minimum Gasteiger partial charge on any atom is -0.872 e. The lowest BCUT2D eigenvalue weighted by atomic mass is 10.2. The third kappa shape index (κ3) is 7.61. The van der Waals surface area contributed by atoms with Gasteiger partial charge in [-0.2, -0.15) is 0 Å². The number of rotatable bonds is 6. The molecule has 1 aromatic carbocycles. The summed E-state index contributed by atoms with van der Waals surface area (Å²) in [6.45, 7) is 2.14. The molecule has 0 aromatic heterocycles. The summed E-state index contributed by atoms with van der Waals surface area (Å²) in [4.78, 5) is 10.2. The maximum absolute atomic E-state index is 10.7. The molecule has 0 aliphatic heterocycles. The summed E-state index contributed by atoms with van der Waals surface area (Å²) in [5.41, 5.74) is -0.178. The van der Waals surface area contributed by atoms with Crippen molar-refractivity contribution in [2.24, 2.45) is 0 Å². The first-order chi connectivity index (χ1) is 8.63. The molecule has 0 amide bonds. The van der Waals surface area contributed by atoms with Gasteiger partial charge in [0, 0.05) is 13.0 Å². The quantitative estimate of drug-likeness (QED) is 0.457. The predicted molar refractivity (Wildman–Crippen MR) is 63.3 cm³/mol. The van der Waals surface area contributed by atoms with Crippen LogP contribution in [-0.2, 0) is 0 Å². The highest BCUT2D eigenvalue weighted by Gasteiger charge is 1.99. The molecule has 0 fully saturated rings. The molecule has 102 valence electrons. The molecule has 0 aliphatic carbocycles. The van der Waals surface area contributed by atoms with Gasteiger partial charge in [-0.05, 0) is 6.07 Å². The van der Waals surface area contributed by atoms with E-state index in [1.54, 1.807) is 0 Å². The minimum absolute atomic E-state index is 0.178. The second-order valence-electron chi connectivity index (χ2n) is 3.47.